The topological polar surface area (TPSA) is 74.6 Å². The maximum atomic E-state index is 12.6. The molecule has 26 heavy (non-hydrogen) atoms. The molecule has 1 aromatic heterocycles. The molecular weight excluding hydrogens is 377 g/mol. The Morgan fingerprint density at radius 1 is 1.38 bits per heavy atom. The average Bonchev–Trinajstić information content (AvgIpc) is 2.87. The van der Waals surface area contributed by atoms with Crippen LogP contribution in [0.1, 0.15) is 35.8 Å². The van der Waals surface area contributed by atoms with Gasteiger partial charge in [0.1, 0.15) is 5.56 Å². The van der Waals surface area contributed by atoms with Crippen molar-refractivity contribution in [2.75, 3.05) is 24.5 Å². The van der Waals surface area contributed by atoms with Crippen LogP contribution in [0.5, 0.6) is 0 Å². The van der Waals surface area contributed by atoms with E-state index < -0.39 is 11.4 Å². The van der Waals surface area contributed by atoms with Crippen molar-refractivity contribution < 1.29 is 9.90 Å². The minimum absolute atomic E-state index is 0. The number of aromatic nitrogens is 1. The minimum atomic E-state index is -1.20. The summed E-state index contributed by atoms with van der Waals surface area (Å²) in [6.45, 7) is 6.76. The van der Waals surface area contributed by atoms with Crippen LogP contribution in [-0.2, 0) is 6.42 Å². The number of rotatable bonds is 2. The molecule has 4 rings (SSSR count). The summed E-state index contributed by atoms with van der Waals surface area (Å²) in [6, 6.07) is 2.10. The second kappa shape index (κ2) is 6.76. The molecule has 0 spiro atoms. The summed E-state index contributed by atoms with van der Waals surface area (Å²) in [5, 5.41) is 13.7. The molecule has 8 heteroatoms. The third-order valence-electron chi connectivity index (χ3n) is 5.23. The highest BCUT2D eigenvalue weighted by Crippen LogP contribution is 2.42. The lowest BCUT2D eigenvalue weighted by molar-refractivity contribution is 0.0695. The first-order valence-electron chi connectivity index (χ1n) is 8.50. The van der Waals surface area contributed by atoms with Crippen LogP contribution in [-0.4, -0.2) is 41.3 Å². The van der Waals surface area contributed by atoms with E-state index >= 15 is 0 Å². The second-order valence-corrected chi connectivity index (χ2v) is 7.43. The van der Waals surface area contributed by atoms with Gasteiger partial charge in [0, 0.05) is 48.9 Å². The van der Waals surface area contributed by atoms with Crippen LogP contribution in [0.4, 0.5) is 5.69 Å². The first-order valence-corrected chi connectivity index (χ1v) is 8.88. The summed E-state index contributed by atoms with van der Waals surface area (Å²) in [5.74, 6) is -1.20. The quantitative estimate of drug-likeness (QED) is 0.814. The molecule has 1 fully saturated rings. The van der Waals surface area contributed by atoms with E-state index in [4.69, 9.17) is 11.6 Å². The predicted molar refractivity (Wildman–Crippen MR) is 106 cm³/mol. The van der Waals surface area contributed by atoms with Crippen LogP contribution in [0, 0.1) is 0 Å². The number of carbonyl (C=O) groups is 1. The molecule has 1 aromatic carbocycles. The standard InChI is InChI=1S/C18H20ClN3O3.ClH/c1-9-7-21(4-3-20-9)16-11-5-10(2)22-8-13(18(24)25)17(23)12(15(11)22)6-14(16)19;/h6,8-10,20H,3-5,7H2,1-2H3,(H,24,25);1H/t9?,10-;/m0./s1. The fraction of sp³-hybridized carbons (Fsp3) is 0.444. The minimum Gasteiger partial charge on any atom is -0.477 e. The molecule has 2 atom stereocenters. The van der Waals surface area contributed by atoms with E-state index in [2.05, 4.69) is 17.1 Å². The number of anilines is 1. The van der Waals surface area contributed by atoms with Crippen LogP contribution in [0.25, 0.3) is 10.9 Å². The van der Waals surface area contributed by atoms with Crippen LogP contribution >= 0.6 is 24.0 Å². The largest absolute Gasteiger partial charge is 0.477 e. The summed E-state index contributed by atoms with van der Waals surface area (Å²) in [4.78, 5) is 26.3. The van der Waals surface area contributed by atoms with E-state index in [-0.39, 0.29) is 24.0 Å². The highest BCUT2D eigenvalue weighted by atomic mass is 35.5. The Kier molecular flexibility index (Phi) is 4.94. The van der Waals surface area contributed by atoms with Gasteiger partial charge in [-0.1, -0.05) is 11.6 Å². The van der Waals surface area contributed by atoms with Crippen molar-refractivity contribution in [3.05, 3.63) is 38.6 Å². The van der Waals surface area contributed by atoms with Crippen molar-refractivity contribution in [3.63, 3.8) is 0 Å². The predicted octanol–water partition coefficient (Wildman–Crippen LogP) is 2.69. The van der Waals surface area contributed by atoms with Gasteiger partial charge in [0.2, 0.25) is 5.43 Å². The summed E-state index contributed by atoms with van der Waals surface area (Å²) in [5.41, 5.74) is 2.21. The summed E-state index contributed by atoms with van der Waals surface area (Å²) < 4.78 is 1.92. The van der Waals surface area contributed by atoms with Crippen molar-refractivity contribution in [1.82, 2.24) is 9.88 Å². The maximum Gasteiger partial charge on any atom is 0.341 e. The smallest absolute Gasteiger partial charge is 0.341 e. The fourth-order valence-corrected chi connectivity index (χ4v) is 4.46. The van der Waals surface area contributed by atoms with Crippen molar-refractivity contribution in [2.24, 2.45) is 0 Å². The van der Waals surface area contributed by atoms with E-state index in [1.165, 1.54) is 6.20 Å². The van der Waals surface area contributed by atoms with Gasteiger partial charge in [-0.25, -0.2) is 4.79 Å². The Morgan fingerprint density at radius 3 is 2.77 bits per heavy atom. The summed E-state index contributed by atoms with van der Waals surface area (Å²) in [7, 11) is 0. The molecule has 2 aliphatic heterocycles. The number of nitrogens with zero attached hydrogens (tertiary/aromatic N) is 2. The molecule has 0 saturated carbocycles. The SMILES string of the molecule is CC1CN(c2c(Cl)cc3c(=O)c(C(=O)O)cn4c3c2C[C@@H]4C)CCN1.Cl. The highest BCUT2D eigenvalue weighted by molar-refractivity contribution is 6.34. The lowest BCUT2D eigenvalue weighted by atomic mass is 10.0. The lowest BCUT2D eigenvalue weighted by Crippen LogP contribution is -2.49. The Hall–Kier alpha value is -1.76. The number of hydrogen-bond donors (Lipinski definition) is 2. The van der Waals surface area contributed by atoms with E-state index in [0.717, 1.165) is 42.8 Å². The monoisotopic (exact) mass is 397 g/mol. The van der Waals surface area contributed by atoms with Crippen LogP contribution < -0.4 is 15.6 Å². The van der Waals surface area contributed by atoms with Crippen LogP contribution in [0.2, 0.25) is 5.02 Å². The number of hydrogen-bond acceptors (Lipinski definition) is 4. The third-order valence-corrected chi connectivity index (χ3v) is 5.52. The van der Waals surface area contributed by atoms with Crippen molar-refractivity contribution in [3.8, 4) is 0 Å². The third kappa shape index (κ3) is 2.76. The Balaban J connectivity index is 0.00000196. The molecular formula is C18H21Cl2N3O3. The van der Waals surface area contributed by atoms with Crippen molar-refractivity contribution in [1.29, 1.82) is 0 Å². The van der Waals surface area contributed by atoms with Crippen LogP contribution in [0.15, 0.2) is 17.1 Å². The molecule has 3 heterocycles. The molecule has 0 amide bonds. The Bertz CT molecular complexity index is 957. The molecule has 2 aliphatic rings. The molecule has 140 valence electrons. The number of aromatic carboxylic acids is 1. The zero-order chi connectivity index (χ0) is 17.9. The zero-order valence-electron chi connectivity index (χ0n) is 14.6. The van der Waals surface area contributed by atoms with E-state index in [9.17, 15) is 14.7 Å². The molecule has 1 unspecified atom stereocenters. The molecule has 2 aromatic rings. The number of piperazine rings is 1. The summed E-state index contributed by atoms with van der Waals surface area (Å²) >= 11 is 6.59. The number of halogens is 2. The van der Waals surface area contributed by atoms with Gasteiger partial charge < -0.3 is 19.9 Å². The molecule has 6 nitrogen and oxygen atoms in total. The number of benzene rings is 1. The van der Waals surface area contributed by atoms with Crippen molar-refractivity contribution >= 4 is 46.6 Å². The molecule has 0 aliphatic carbocycles. The molecule has 0 bridgehead atoms. The molecule has 0 radical (unpaired) electrons. The van der Waals surface area contributed by atoms with Gasteiger partial charge in [-0.05, 0) is 26.3 Å². The fourth-order valence-electron chi connectivity index (χ4n) is 4.12. The van der Waals surface area contributed by atoms with Gasteiger partial charge in [-0.15, -0.1) is 12.4 Å². The van der Waals surface area contributed by atoms with Gasteiger partial charge in [0.25, 0.3) is 0 Å². The average molecular weight is 398 g/mol. The van der Waals surface area contributed by atoms with E-state index in [1.807, 2.05) is 11.5 Å². The van der Waals surface area contributed by atoms with Crippen molar-refractivity contribution in [2.45, 2.75) is 32.4 Å². The number of pyridine rings is 1. The van der Waals surface area contributed by atoms with E-state index in [0.29, 0.717) is 16.5 Å². The Labute approximate surface area is 162 Å². The highest BCUT2D eigenvalue weighted by Gasteiger charge is 2.31. The van der Waals surface area contributed by atoms with Crippen LogP contribution in [0.3, 0.4) is 0 Å². The van der Waals surface area contributed by atoms with E-state index in [1.54, 1.807) is 6.07 Å². The molecule has 2 N–H and O–H groups in total. The van der Waals surface area contributed by atoms with Gasteiger partial charge in [0.05, 0.1) is 16.2 Å². The first kappa shape index (κ1) is 19.0. The first-order chi connectivity index (χ1) is 11.9. The van der Waals surface area contributed by atoms with Gasteiger partial charge in [0.15, 0.2) is 0 Å². The normalized spacial score (nSPS) is 21.7. The van der Waals surface area contributed by atoms with Gasteiger partial charge in [-0.2, -0.15) is 0 Å². The zero-order valence-corrected chi connectivity index (χ0v) is 16.2. The Morgan fingerprint density at radius 2 is 2.12 bits per heavy atom. The maximum absolute atomic E-state index is 12.6. The molecule has 1 saturated heterocycles. The number of carboxylic acids is 1. The van der Waals surface area contributed by atoms with Gasteiger partial charge >= 0.3 is 5.97 Å². The van der Waals surface area contributed by atoms with Gasteiger partial charge in [-0.3, -0.25) is 4.79 Å². The lowest BCUT2D eigenvalue weighted by Gasteiger charge is -2.35. The number of nitrogens with one attached hydrogen (secondary N) is 1. The number of carboxylic acid groups (broad SMARTS) is 1. The second-order valence-electron chi connectivity index (χ2n) is 7.02. The summed E-state index contributed by atoms with van der Waals surface area (Å²) in [6.07, 6.45) is 2.22.